The SMILES string of the molecule is Cc1cc(-c2cccc(C#N)n2)cc(C)c1C. The fourth-order valence-electron chi connectivity index (χ4n) is 1.84. The normalized spacial score (nSPS) is 10.0. The van der Waals surface area contributed by atoms with Crippen molar-refractivity contribution in [1.29, 1.82) is 5.26 Å². The fraction of sp³-hybridized carbons (Fsp3) is 0.200. The molecule has 0 fully saturated rings. The number of pyridine rings is 1. The molecule has 0 saturated carbocycles. The molecule has 1 heterocycles. The number of nitrogens with zero attached hydrogens (tertiary/aromatic N) is 2. The maximum atomic E-state index is 8.85. The average Bonchev–Trinajstić information content (AvgIpc) is 2.35. The zero-order valence-electron chi connectivity index (χ0n) is 10.3. The summed E-state index contributed by atoms with van der Waals surface area (Å²) in [6.45, 7) is 6.31. The van der Waals surface area contributed by atoms with Crippen LogP contribution in [0.3, 0.4) is 0 Å². The first-order valence-corrected chi connectivity index (χ1v) is 5.57. The molecule has 0 amide bonds. The number of benzene rings is 1. The summed E-state index contributed by atoms with van der Waals surface area (Å²) < 4.78 is 0. The van der Waals surface area contributed by atoms with Crippen molar-refractivity contribution in [1.82, 2.24) is 4.98 Å². The minimum atomic E-state index is 0.457. The third-order valence-electron chi connectivity index (χ3n) is 3.09. The quantitative estimate of drug-likeness (QED) is 0.739. The van der Waals surface area contributed by atoms with Gasteiger partial charge in [-0.1, -0.05) is 6.07 Å². The summed E-state index contributed by atoms with van der Waals surface area (Å²) in [5.74, 6) is 0. The van der Waals surface area contributed by atoms with Gasteiger partial charge in [0.2, 0.25) is 0 Å². The first kappa shape index (κ1) is 11.3. The number of hydrogen-bond donors (Lipinski definition) is 0. The van der Waals surface area contributed by atoms with Gasteiger partial charge in [0.05, 0.1) is 5.69 Å². The van der Waals surface area contributed by atoms with E-state index in [0.717, 1.165) is 11.3 Å². The van der Waals surface area contributed by atoms with Crippen LogP contribution in [0, 0.1) is 32.1 Å². The van der Waals surface area contributed by atoms with Gasteiger partial charge in [0.1, 0.15) is 11.8 Å². The lowest BCUT2D eigenvalue weighted by Crippen LogP contribution is -1.91. The Labute approximate surface area is 102 Å². The highest BCUT2D eigenvalue weighted by Crippen LogP contribution is 2.23. The van der Waals surface area contributed by atoms with Gasteiger partial charge in [0, 0.05) is 5.56 Å². The Balaban J connectivity index is 2.57. The number of aryl methyl sites for hydroxylation is 2. The first-order valence-electron chi connectivity index (χ1n) is 5.57. The van der Waals surface area contributed by atoms with Gasteiger partial charge in [0.15, 0.2) is 0 Å². The number of hydrogen-bond acceptors (Lipinski definition) is 2. The summed E-state index contributed by atoms with van der Waals surface area (Å²) in [4.78, 5) is 4.31. The van der Waals surface area contributed by atoms with Crippen LogP contribution >= 0.6 is 0 Å². The molecule has 0 spiro atoms. The van der Waals surface area contributed by atoms with Crippen LogP contribution in [0.2, 0.25) is 0 Å². The van der Waals surface area contributed by atoms with Gasteiger partial charge in [-0.25, -0.2) is 4.98 Å². The molecule has 0 bridgehead atoms. The minimum absolute atomic E-state index is 0.457. The van der Waals surface area contributed by atoms with Gasteiger partial charge in [-0.3, -0.25) is 0 Å². The van der Waals surface area contributed by atoms with Crippen molar-refractivity contribution < 1.29 is 0 Å². The summed E-state index contributed by atoms with van der Waals surface area (Å²) in [6.07, 6.45) is 0. The standard InChI is InChI=1S/C15H14N2/c1-10-7-13(8-11(2)12(10)3)15-6-4-5-14(9-16)17-15/h4-8H,1-3H3. The molecule has 1 aromatic carbocycles. The molecule has 2 rings (SSSR count). The fourth-order valence-corrected chi connectivity index (χ4v) is 1.84. The van der Waals surface area contributed by atoms with Crippen molar-refractivity contribution in [3.8, 4) is 17.3 Å². The average molecular weight is 222 g/mol. The molecule has 84 valence electrons. The van der Waals surface area contributed by atoms with E-state index in [0.29, 0.717) is 5.69 Å². The molecule has 0 aliphatic carbocycles. The van der Waals surface area contributed by atoms with E-state index < -0.39 is 0 Å². The molecule has 0 aliphatic rings. The molecule has 2 nitrogen and oxygen atoms in total. The zero-order chi connectivity index (χ0) is 12.4. The van der Waals surface area contributed by atoms with Crippen LogP contribution in [-0.2, 0) is 0 Å². The molecule has 0 radical (unpaired) electrons. The summed E-state index contributed by atoms with van der Waals surface area (Å²) in [7, 11) is 0. The van der Waals surface area contributed by atoms with Crippen molar-refractivity contribution in [3.63, 3.8) is 0 Å². The van der Waals surface area contributed by atoms with Crippen LogP contribution in [0.5, 0.6) is 0 Å². The molecule has 0 saturated heterocycles. The lowest BCUT2D eigenvalue weighted by Gasteiger charge is -2.08. The van der Waals surface area contributed by atoms with Crippen LogP contribution in [-0.4, -0.2) is 4.98 Å². The second-order valence-electron chi connectivity index (χ2n) is 4.25. The predicted octanol–water partition coefficient (Wildman–Crippen LogP) is 3.55. The molecule has 0 unspecified atom stereocenters. The molecule has 1 aromatic heterocycles. The summed E-state index contributed by atoms with van der Waals surface area (Å²) in [5.41, 5.74) is 6.20. The molecule has 0 N–H and O–H groups in total. The topological polar surface area (TPSA) is 36.7 Å². The molecule has 17 heavy (non-hydrogen) atoms. The molecule has 0 aliphatic heterocycles. The van der Waals surface area contributed by atoms with Crippen LogP contribution in [0.4, 0.5) is 0 Å². The highest BCUT2D eigenvalue weighted by atomic mass is 14.7. The number of rotatable bonds is 1. The molecule has 2 heteroatoms. The Kier molecular flexibility index (Phi) is 2.93. The Hall–Kier alpha value is -2.14. The Morgan fingerprint density at radius 1 is 1.06 bits per heavy atom. The maximum absolute atomic E-state index is 8.85. The number of aromatic nitrogens is 1. The zero-order valence-corrected chi connectivity index (χ0v) is 10.3. The highest BCUT2D eigenvalue weighted by Gasteiger charge is 2.05. The third kappa shape index (κ3) is 2.19. The van der Waals surface area contributed by atoms with E-state index in [1.807, 2.05) is 12.1 Å². The van der Waals surface area contributed by atoms with Gasteiger partial charge in [-0.2, -0.15) is 5.26 Å². The van der Waals surface area contributed by atoms with E-state index in [1.165, 1.54) is 16.7 Å². The van der Waals surface area contributed by atoms with Crippen molar-refractivity contribution in [2.24, 2.45) is 0 Å². The van der Waals surface area contributed by atoms with Gasteiger partial charge in [-0.05, 0) is 61.7 Å². The van der Waals surface area contributed by atoms with Crippen LogP contribution in [0.25, 0.3) is 11.3 Å². The summed E-state index contributed by atoms with van der Waals surface area (Å²) in [5, 5.41) is 8.85. The van der Waals surface area contributed by atoms with Gasteiger partial charge < -0.3 is 0 Å². The third-order valence-corrected chi connectivity index (χ3v) is 3.09. The smallest absolute Gasteiger partial charge is 0.141 e. The second-order valence-corrected chi connectivity index (χ2v) is 4.25. The first-order chi connectivity index (χ1) is 8.11. The highest BCUT2D eigenvalue weighted by molar-refractivity contribution is 5.63. The Bertz CT molecular complexity index is 584. The molecular formula is C15H14N2. The van der Waals surface area contributed by atoms with Gasteiger partial charge in [-0.15, -0.1) is 0 Å². The van der Waals surface area contributed by atoms with E-state index in [9.17, 15) is 0 Å². The van der Waals surface area contributed by atoms with Gasteiger partial charge in [0.25, 0.3) is 0 Å². The van der Waals surface area contributed by atoms with Crippen LogP contribution < -0.4 is 0 Å². The summed E-state index contributed by atoms with van der Waals surface area (Å²) >= 11 is 0. The molecule has 0 atom stereocenters. The second kappa shape index (κ2) is 4.39. The lowest BCUT2D eigenvalue weighted by atomic mass is 9.99. The maximum Gasteiger partial charge on any atom is 0.141 e. The Morgan fingerprint density at radius 2 is 1.71 bits per heavy atom. The van der Waals surface area contributed by atoms with Crippen molar-refractivity contribution in [2.75, 3.05) is 0 Å². The minimum Gasteiger partial charge on any atom is -0.237 e. The predicted molar refractivity (Wildman–Crippen MR) is 68.6 cm³/mol. The van der Waals surface area contributed by atoms with E-state index in [4.69, 9.17) is 5.26 Å². The van der Waals surface area contributed by atoms with Gasteiger partial charge >= 0.3 is 0 Å². The van der Waals surface area contributed by atoms with E-state index in [-0.39, 0.29) is 0 Å². The lowest BCUT2D eigenvalue weighted by molar-refractivity contribution is 1.23. The van der Waals surface area contributed by atoms with Crippen LogP contribution in [0.15, 0.2) is 30.3 Å². The monoisotopic (exact) mass is 222 g/mol. The Morgan fingerprint density at radius 3 is 2.29 bits per heavy atom. The number of nitriles is 1. The van der Waals surface area contributed by atoms with Crippen molar-refractivity contribution >= 4 is 0 Å². The molecule has 2 aromatic rings. The van der Waals surface area contributed by atoms with E-state index in [2.05, 4.69) is 44.0 Å². The molecular weight excluding hydrogens is 208 g/mol. The van der Waals surface area contributed by atoms with Crippen LogP contribution in [0.1, 0.15) is 22.4 Å². The van der Waals surface area contributed by atoms with Crippen molar-refractivity contribution in [3.05, 3.63) is 52.7 Å². The van der Waals surface area contributed by atoms with E-state index in [1.54, 1.807) is 6.07 Å². The van der Waals surface area contributed by atoms with Crippen molar-refractivity contribution in [2.45, 2.75) is 20.8 Å². The summed E-state index contributed by atoms with van der Waals surface area (Å²) in [6, 6.07) is 11.8. The largest absolute Gasteiger partial charge is 0.237 e. The van der Waals surface area contributed by atoms with E-state index >= 15 is 0 Å².